The van der Waals surface area contributed by atoms with Gasteiger partial charge in [-0.05, 0) is 62.3 Å². The molecule has 0 atom stereocenters. The van der Waals surface area contributed by atoms with Gasteiger partial charge in [-0.3, -0.25) is 19.1 Å². The number of methoxy groups -OCH3 is 1. The van der Waals surface area contributed by atoms with Crippen LogP contribution < -0.4 is 10.9 Å². The van der Waals surface area contributed by atoms with Crippen LogP contribution in [0.1, 0.15) is 35.4 Å². The van der Waals surface area contributed by atoms with Crippen LogP contribution in [0.25, 0.3) is 10.9 Å². The van der Waals surface area contributed by atoms with E-state index in [-0.39, 0.29) is 18.0 Å². The van der Waals surface area contributed by atoms with Crippen LogP contribution in [0.4, 0.5) is 5.69 Å². The van der Waals surface area contributed by atoms with E-state index >= 15 is 0 Å². The Kier molecular flexibility index (Phi) is 6.61. The van der Waals surface area contributed by atoms with Gasteiger partial charge in [0.05, 0.1) is 30.1 Å². The number of nitrogens with zero attached hydrogens (tertiary/aromatic N) is 3. The summed E-state index contributed by atoms with van der Waals surface area (Å²) in [5.41, 5.74) is 1.34. The van der Waals surface area contributed by atoms with Gasteiger partial charge < -0.3 is 10.1 Å². The molecule has 1 aliphatic heterocycles. The first kappa shape index (κ1) is 21.7. The minimum absolute atomic E-state index is 0.140. The lowest BCUT2D eigenvalue weighted by molar-refractivity contribution is -0.116. The number of likely N-dealkylation sites (tertiary alicyclic amines) is 1. The summed E-state index contributed by atoms with van der Waals surface area (Å²) in [7, 11) is 1.31. The second kappa shape index (κ2) is 9.74. The number of anilines is 1. The van der Waals surface area contributed by atoms with Gasteiger partial charge in [0.25, 0.3) is 5.56 Å². The summed E-state index contributed by atoms with van der Waals surface area (Å²) in [6.07, 6.45) is 3.46. The van der Waals surface area contributed by atoms with Crippen LogP contribution in [0.15, 0.2) is 53.3 Å². The van der Waals surface area contributed by atoms with Crippen LogP contribution in [0.2, 0.25) is 0 Å². The van der Waals surface area contributed by atoms with E-state index in [1.54, 1.807) is 36.4 Å². The lowest BCUT2D eigenvalue weighted by Crippen LogP contribution is -2.36. The van der Waals surface area contributed by atoms with Crippen LogP contribution in [-0.4, -0.2) is 46.5 Å². The molecule has 0 saturated carbocycles. The van der Waals surface area contributed by atoms with Crippen molar-refractivity contribution in [2.75, 3.05) is 25.5 Å². The van der Waals surface area contributed by atoms with Crippen molar-refractivity contribution in [1.82, 2.24) is 14.5 Å². The minimum atomic E-state index is -0.445. The number of rotatable bonds is 6. The molecule has 166 valence electrons. The molecule has 32 heavy (non-hydrogen) atoms. The molecule has 0 unspecified atom stereocenters. The molecular formula is C24H26N4O4. The Balaban J connectivity index is 1.58. The summed E-state index contributed by atoms with van der Waals surface area (Å²) in [6.45, 7) is 2.31. The van der Waals surface area contributed by atoms with Crippen molar-refractivity contribution in [3.63, 3.8) is 0 Å². The highest BCUT2D eigenvalue weighted by Crippen LogP contribution is 2.15. The third-order valence-electron chi connectivity index (χ3n) is 5.65. The predicted octanol–water partition coefficient (Wildman–Crippen LogP) is 2.81. The molecule has 8 heteroatoms. The van der Waals surface area contributed by atoms with Crippen molar-refractivity contribution in [3.05, 3.63) is 70.3 Å². The molecule has 0 spiro atoms. The van der Waals surface area contributed by atoms with Gasteiger partial charge in [0.15, 0.2) is 0 Å². The average molecular weight is 434 g/mol. The Labute approximate surface area is 185 Å². The summed E-state index contributed by atoms with van der Waals surface area (Å²) >= 11 is 0. The Morgan fingerprint density at radius 1 is 1.03 bits per heavy atom. The quantitative estimate of drug-likeness (QED) is 0.600. The highest BCUT2D eigenvalue weighted by atomic mass is 16.5. The first-order chi connectivity index (χ1) is 15.5. The van der Waals surface area contributed by atoms with Crippen LogP contribution in [0, 0.1) is 0 Å². The molecule has 2 aromatic carbocycles. The molecule has 0 bridgehead atoms. The van der Waals surface area contributed by atoms with Gasteiger partial charge in [-0.15, -0.1) is 0 Å². The van der Waals surface area contributed by atoms with Gasteiger partial charge in [0.1, 0.15) is 12.4 Å². The van der Waals surface area contributed by atoms with E-state index in [2.05, 4.69) is 15.0 Å². The molecule has 8 nitrogen and oxygen atoms in total. The monoisotopic (exact) mass is 434 g/mol. The van der Waals surface area contributed by atoms with Crippen molar-refractivity contribution in [1.29, 1.82) is 0 Å². The van der Waals surface area contributed by atoms with E-state index in [0.29, 0.717) is 34.5 Å². The maximum atomic E-state index is 13.2. The van der Waals surface area contributed by atoms with E-state index in [0.717, 1.165) is 25.9 Å². The van der Waals surface area contributed by atoms with E-state index in [1.165, 1.54) is 18.1 Å². The lowest BCUT2D eigenvalue weighted by atomic mass is 10.1. The fourth-order valence-electron chi connectivity index (χ4n) is 3.97. The third kappa shape index (κ3) is 4.86. The Morgan fingerprint density at radius 2 is 1.75 bits per heavy atom. The first-order valence-corrected chi connectivity index (χ1v) is 10.7. The summed E-state index contributed by atoms with van der Waals surface area (Å²) in [5, 5.41) is 3.28. The van der Waals surface area contributed by atoms with Crippen LogP contribution in [-0.2, 0) is 22.6 Å². The van der Waals surface area contributed by atoms with Crippen molar-refractivity contribution in [2.45, 2.75) is 32.4 Å². The Morgan fingerprint density at radius 3 is 2.47 bits per heavy atom. The van der Waals surface area contributed by atoms with Crippen molar-refractivity contribution >= 4 is 28.5 Å². The molecule has 1 N–H and O–H groups in total. The third-order valence-corrected chi connectivity index (χ3v) is 5.65. The van der Waals surface area contributed by atoms with Crippen LogP contribution in [0.5, 0.6) is 0 Å². The zero-order valence-corrected chi connectivity index (χ0v) is 18.0. The smallest absolute Gasteiger partial charge is 0.337 e. The number of carbonyl (C=O) groups excluding carboxylic acids is 2. The lowest BCUT2D eigenvalue weighted by Gasteiger charge is -2.27. The SMILES string of the molecule is COC(=O)c1ccc(NC(=O)Cn2c(CN3CCCCC3)nc3ccccc3c2=O)cc1. The fourth-order valence-corrected chi connectivity index (χ4v) is 3.97. The number of fused-ring (bicyclic) bond motifs is 1. The number of hydrogen-bond donors (Lipinski definition) is 1. The maximum absolute atomic E-state index is 13.2. The largest absolute Gasteiger partial charge is 0.465 e. The molecule has 0 radical (unpaired) electrons. The fraction of sp³-hybridized carbons (Fsp3) is 0.333. The van der Waals surface area contributed by atoms with Crippen LogP contribution >= 0.6 is 0 Å². The number of ether oxygens (including phenoxy) is 1. The minimum Gasteiger partial charge on any atom is -0.465 e. The van der Waals surface area contributed by atoms with Gasteiger partial charge in [-0.25, -0.2) is 9.78 Å². The first-order valence-electron chi connectivity index (χ1n) is 10.7. The average Bonchev–Trinajstić information content (AvgIpc) is 2.82. The van der Waals surface area contributed by atoms with Gasteiger partial charge in [-0.1, -0.05) is 18.6 Å². The topological polar surface area (TPSA) is 93.5 Å². The molecule has 1 aromatic heterocycles. The summed E-state index contributed by atoms with van der Waals surface area (Å²) in [5.74, 6) is -0.194. The molecule has 1 aliphatic rings. The number of benzene rings is 2. The van der Waals surface area contributed by atoms with Gasteiger partial charge in [-0.2, -0.15) is 0 Å². The number of hydrogen-bond acceptors (Lipinski definition) is 6. The number of esters is 1. The van der Waals surface area contributed by atoms with Gasteiger partial charge >= 0.3 is 5.97 Å². The van der Waals surface area contributed by atoms with Gasteiger partial charge in [0, 0.05) is 5.69 Å². The van der Waals surface area contributed by atoms with Gasteiger partial charge in [0.2, 0.25) is 5.91 Å². The van der Waals surface area contributed by atoms with E-state index in [4.69, 9.17) is 4.98 Å². The highest BCUT2D eigenvalue weighted by Gasteiger charge is 2.18. The second-order valence-corrected chi connectivity index (χ2v) is 7.89. The molecule has 3 aromatic rings. The molecule has 1 fully saturated rings. The predicted molar refractivity (Wildman–Crippen MR) is 122 cm³/mol. The number of piperidine rings is 1. The zero-order valence-electron chi connectivity index (χ0n) is 18.0. The molecule has 0 aliphatic carbocycles. The number of carbonyl (C=O) groups is 2. The highest BCUT2D eigenvalue weighted by molar-refractivity contribution is 5.93. The molecule has 1 saturated heterocycles. The zero-order chi connectivity index (χ0) is 22.5. The van der Waals surface area contributed by atoms with Crippen molar-refractivity contribution < 1.29 is 14.3 Å². The summed E-state index contributed by atoms with van der Waals surface area (Å²) in [6, 6.07) is 13.6. The molecular weight excluding hydrogens is 408 g/mol. The standard InChI is InChI=1S/C24H26N4O4/c1-32-24(31)17-9-11-18(12-10-17)25-22(29)16-28-21(15-27-13-5-2-6-14-27)26-20-8-4-3-7-19(20)23(28)30/h3-4,7-12H,2,5-6,13-16H2,1H3,(H,25,29). The Bertz CT molecular complexity index is 1180. The van der Waals surface area contributed by atoms with Crippen molar-refractivity contribution in [2.24, 2.45) is 0 Å². The summed E-state index contributed by atoms with van der Waals surface area (Å²) in [4.78, 5) is 44.6. The van der Waals surface area contributed by atoms with Crippen molar-refractivity contribution in [3.8, 4) is 0 Å². The second-order valence-electron chi connectivity index (χ2n) is 7.89. The molecule has 1 amide bonds. The number of amides is 1. The molecule has 4 rings (SSSR count). The van der Waals surface area contributed by atoms with E-state index in [1.807, 2.05) is 12.1 Å². The number of para-hydroxylation sites is 1. The molecule has 2 heterocycles. The van der Waals surface area contributed by atoms with Crippen LogP contribution in [0.3, 0.4) is 0 Å². The summed E-state index contributed by atoms with van der Waals surface area (Å²) < 4.78 is 6.15. The maximum Gasteiger partial charge on any atom is 0.337 e. The van der Waals surface area contributed by atoms with E-state index in [9.17, 15) is 14.4 Å². The van der Waals surface area contributed by atoms with E-state index < -0.39 is 5.97 Å². The number of nitrogens with one attached hydrogen (secondary N) is 1. The number of aromatic nitrogens is 2. The Hall–Kier alpha value is -3.52. The normalized spacial score (nSPS) is 14.3.